The van der Waals surface area contributed by atoms with Gasteiger partial charge in [0.1, 0.15) is 0 Å². The molecule has 3 N–H and O–H groups in total. The molecular weight excluding hydrogens is 339 g/mol. The number of aromatic nitrogens is 2. The molecule has 23 heavy (non-hydrogen) atoms. The minimum atomic E-state index is -0.532. The summed E-state index contributed by atoms with van der Waals surface area (Å²) in [7, 11) is 0. The van der Waals surface area contributed by atoms with Gasteiger partial charge in [0.25, 0.3) is 0 Å². The van der Waals surface area contributed by atoms with Crippen LogP contribution in [0.1, 0.15) is 26.2 Å². The standard InChI is InChI=1S/C15H19ClN4O2.ClH/c1-9(2)6-12(17)15(21)18-8-13-19-14(20-22-13)10-4-3-5-11(16)7-10;/h3-5,7,9,12H,6,8,17H2,1-2H3,(H,18,21);1H/t12-;/m0./s1. The normalized spacial score (nSPS) is 11.9. The monoisotopic (exact) mass is 358 g/mol. The van der Waals surface area contributed by atoms with E-state index in [1.54, 1.807) is 18.2 Å². The van der Waals surface area contributed by atoms with Gasteiger partial charge in [-0.1, -0.05) is 42.7 Å². The van der Waals surface area contributed by atoms with Gasteiger partial charge in [-0.15, -0.1) is 12.4 Å². The Bertz CT molecular complexity index is 646. The lowest BCUT2D eigenvalue weighted by Gasteiger charge is -2.12. The molecule has 1 atom stereocenters. The number of halogens is 2. The van der Waals surface area contributed by atoms with Crippen molar-refractivity contribution >= 4 is 29.9 Å². The summed E-state index contributed by atoms with van der Waals surface area (Å²) >= 11 is 5.92. The van der Waals surface area contributed by atoms with Gasteiger partial charge in [-0.25, -0.2) is 0 Å². The van der Waals surface area contributed by atoms with Crippen LogP contribution in [0.5, 0.6) is 0 Å². The van der Waals surface area contributed by atoms with Crippen molar-refractivity contribution in [3.8, 4) is 11.4 Å². The number of benzene rings is 1. The smallest absolute Gasteiger partial charge is 0.246 e. The first kappa shape index (κ1) is 19.4. The number of hydrogen-bond acceptors (Lipinski definition) is 5. The molecule has 6 nitrogen and oxygen atoms in total. The van der Waals surface area contributed by atoms with E-state index in [2.05, 4.69) is 15.5 Å². The van der Waals surface area contributed by atoms with Crippen LogP contribution in [0.4, 0.5) is 0 Å². The number of hydrogen-bond donors (Lipinski definition) is 2. The van der Waals surface area contributed by atoms with Crippen LogP contribution >= 0.6 is 24.0 Å². The molecule has 0 aliphatic carbocycles. The molecule has 0 aliphatic heterocycles. The van der Waals surface area contributed by atoms with Gasteiger partial charge < -0.3 is 15.6 Å². The zero-order chi connectivity index (χ0) is 16.1. The molecule has 2 aromatic rings. The molecule has 1 amide bonds. The van der Waals surface area contributed by atoms with E-state index in [0.29, 0.717) is 29.1 Å². The van der Waals surface area contributed by atoms with Gasteiger partial charge in [-0.3, -0.25) is 4.79 Å². The summed E-state index contributed by atoms with van der Waals surface area (Å²) in [4.78, 5) is 16.1. The number of carbonyl (C=O) groups is 1. The fourth-order valence-electron chi connectivity index (χ4n) is 1.98. The van der Waals surface area contributed by atoms with Crippen molar-refractivity contribution in [3.63, 3.8) is 0 Å². The minimum absolute atomic E-state index is 0. The number of nitrogens with one attached hydrogen (secondary N) is 1. The Morgan fingerprint density at radius 2 is 2.17 bits per heavy atom. The summed E-state index contributed by atoms with van der Waals surface area (Å²) in [5.41, 5.74) is 6.56. The van der Waals surface area contributed by atoms with Crippen LogP contribution < -0.4 is 11.1 Å². The molecular formula is C15H20Cl2N4O2. The van der Waals surface area contributed by atoms with E-state index >= 15 is 0 Å². The van der Waals surface area contributed by atoms with Crippen molar-refractivity contribution in [1.82, 2.24) is 15.5 Å². The van der Waals surface area contributed by atoms with E-state index in [4.69, 9.17) is 21.9 Å². The average molecular weight is 359 g/mol. The van der Waals surface area contributed by atoms with Gasteiger partial charge in [-0.05, 0) is 24.5 Å². The highest BCUT2D eigenvalue weighted by molar-refractivity contribution is 6.30. The van der Waals surface area contributed by atoms with Crippen LogP contribution in [0.2, 0.25) is 5.02 Å². The van der Waals surface area contributed by atoms with Crippen LogP contribution in [0.3, 0.4) is 0 Å². The number of nitrogens with zero attached hydrogens (tertiary/aromatic N) is 2. The number of rotatable bonds is 6. The van der Waals surface area contributed by atoms with Crippen LogP contribution in [0.25, 0.3) is 11.4 Å². The van der Waals surface area contributed by atoms with Crippen LogP contribution in [-0.2, 0) is 11.3 Å². The first-order valence-corrected chi connectivity index (χ1v) is 7.45. The second-order valence-electron chi connectivity index (χ2n) is 5.48. The first-order valence-electron chi connectivity index (χ1n) is 7.07. The first-order chi connectivity index (χ1) is 10.5. The van der Waals surface area contributed by atoms with Crippen LogP contribution in [0, 0.1) is 5.92 Å². The molecule has 1 heterocycles. The van der Waals surface area contributed by atoms with E-state index in [9.17, 15) is 4.79 Å². The van der Waals surface area contributed by atoms with Gasteiger partial charge in [0.15, 0.2) is 0 Å². The minimum Gasteiger partial charge on any atom is -0.346 e. The van der Waals surface area contributed by atoms with Gasteiger partial charge >= 0.3 is 0 Å². The average Bonchev–Trinajstić information content (AvgIpc) is 2.93. The predicted molar refractivity (Wildman–Crippen MR) is 91.3 cm³/mol. The number of carbonyl (C=O) groups excluding carboxylic acids is 1. The summed E-state index contributed by atoms with van der Waals surface area (Å²) in [6.07, 6.45) is 0.628. The van der Waals surface area contributed by atoms with Gasteiger partial charge in [0.05, 0.1) is 12.6 Å². The molecule has 0 fully saturated rings. The molecule has 0 aliphatic rings. The maximum atomic E-state index is 11.8. The third-order valence-corrected chi connectivity index (χ3v) is 3.26. The second kappa shape index (κ2) is 8.86. The van der Waals surface area contributed by atoms with Crippen molar-refractivity contribution in [1.29, 1.82) is 0 Å². The van der Waals surface area contributed by atoms with Crippen molar-refractivity contribution in [2.75, 3.05) is 0 Å². The van der Waals surface area contributed by atoms with Gasteiger partial charge in [0, 0.05) is 10.6 Å². The van der Waals surface area contributed by atoms with Crippen molar-refractivity contribution in [2.45, 2.75) is 32.9 Å². The maximum Gasteiger partial charge on any atom is 0.246 e. The Morgan fingerprint density at radius 3 is 2.83 bits per heavy atom. The highest BCUT2D eigenvalue weighted by atomic mass is 35.5. The maximum absolute atomic E-state index is 11.8. The predicted octanol–water partition coefficient (Wildman–Crippen LogP) is 2.80. The Kier molecular flexibility index (Phi) is 7.48. The molecule has 0 radical (unpaired) electrons. The Balaban J connectivity index is 0.00000264. The van der Waals surface area contributed by atoms with Crippen LogP contribution in [0.15, 0.2) is 28.8 Å². The summed E-state index contributed by atoms with van der Waals surface area (Å²) in [5.74, 6) is 0.882. The third kappa shape index (κ3) is 5.82. The number of nitrogens with two attached hydrogens (primary N) is 1. The third-order valence-electron chi connectivity index (χ3n) is 3.03. The molecule has 1 aromatic heterocycles. The van der Waals surface area contributed by atoms with Crippen LogP contribution in [-0.4, -0.2) is 22.1 Å². The molecule has 8 heteroatoms. The Morgan fingerprint density at radius 1 is 1.43 bits per heavy atom. The highest BCUT2D eigenvalue weighted by Gasteiger charge is 2.16. The van der Waals surface area contributed by atoms with E-state index in [1.807, 2.05) is 19.9 Å². The SMILES string of the molecule is CC(C)C[C@H](N)C(=O)NCc1nc(-c2cccc(Cl)c2)no1.Cl. The topological polar surface area (TPSA) is 94.0 Å². The fraction of sp³-hybridized carbons (Fsp3) is 0.400. The molecule has 0 spiro atoms. The van der Waals surface area contributed by atoms with Crippen molar-refractivity contribution in [2.24, 2.45) is 11.7 Å². The van der Waals surface area contributed by atoms with E-state index < -0.39 is 6.04 Å². The molecule has 126 valence electrons. The molecule has 0 saturated heterocycles. The highest BCUT2D eigenvalue weighted by Crippen LogP contribution is 2.19. The van der Waals surface area contributed by atoms with Gasteiger partial charge in [0.2, 0.25) is 17.6 Å². The second-order valence-corrected chi connectivity index (χ2v) is 5.91. The summed E-state index contributed by atoms with van der Waals surface area (Å²) < 4.78 is 5.11. The zero-order valence-corrected chi connectivity index (χ0v) is 14.5. The van der Waals surface area contributed by atoms with E-state index in [0.717, 1.165) is 5.56 Å². The lowest BCUT2D eigenvalue weighted by atomic mass is 10.0. The van der Waals surface area contributed by atoms with E-state index in [1.165, 1.54) is 0 Å². The zero-order valence-electron chi connectivity index (χ0n) is 13.0. The molecule has 0 saturated carbocycles. The molecule has 2 rings (SSSR count). The van der Waals surface area contributed by atoms with E-state index in [-0.39, 0.29) is 24.9 Å². The Hall–Kier alpha value is -1.63. The molecule has 0 bridgehead atoms. The Labute approximate surface area is 146 Å². The molecule has 1 aromatic carbocycles. The summed E-state index contributed by atoms with van der Waals surface area (Å²) in [5, 5.41) is 7.16. The molecule has 0 unspecified atom stereocenters. The van der Waals surface area contributed by atoms with Crippen molar-refractivity contribution in [3.05, 3.63) is 35.2 Å². The number of amides is 1. The largest absolute Gasteiger partial charge is 0.346 e. The fourth-order valence-corrected chi connectivity index (χ4v) is 2.17. The quantitative estimate of drug-likeness (QED) is 0.827. The summed E-state index contributed by atoms with van der Waals surface area (Å²) in [6, 6.07) is 6.61. The lowest BCUT2D eigenvalue weighted by molar-refractivity contribution is -0.123. The summed E-state index contributed by atoms with van der Waals surface area (Å²) in [6.45, 7) is 4.18. The van der Waals surface area contributed by atoms with Gasteiger partial charge in [-0.2, -0.15) is 4.98 Å². The lowest BCUT2D eigenvalue weighted by Crippen LogP contribution is -2.41. The van der Waals surface area contributed by atoms with Crippen molar-refractivity contribution < 1.29 is 9.32 Å².